The molecule has 1 fully saturated rings. The molecule has 2 N–H and O–H groups in total. The Morgan fingerprint density at radius 1 is 1.33 bits per heavy atom. The lowest BCUT2D eigenvalue weighted by Crippen LogP contribution is -2.49. The molecule has 3 nitrogen and oxygen atoms in total. The van der Waals surface area contributed by atoms with E-state index in [0.717, 1.165) is 41.7 Å². The molecule has 2 heterocycles. The highest BCUT2D eigenvalue weighted by atomic mass is 79.9. The van der Waals surface area contributed by atoms with E-state index >= 15 is 0 Å². The van der Waals surface area contributed by atoms with Gasteiger partial charge in [-0.2, -0.15) is 0 Å². The van der Waals surface area contributed by atoms with Crippen LogP contribution >= 0.6 is 28.3 Å². The fourth-order valence-corrected chi connectivity index (χ4v) is 3.18. The Bertz CT molecular complexity index is 435. The molecule has 5 heteroatoms. The molecule has 0 aromatic heterocycles. The highest BCUT2D eigenvalue weighted by Crippen LogP contribution is 2.44. The Hall–Kier alpha value is -0.290. The first kappa shape index (κ1) is 14.1. The standard InChI is InChI=1S/C13H16BrNO2.ClH/c14-9-1-2-12-10(7-9)11(16)8-13(17-12)3-5-15-6-4-13;/h1-2,7,11,15-16H,3-6,8H2;1H. The number of piperidine rings is 1. The summed E-state index contributed by atoms with van der Waals surface area (Å²) in [5, 5.41) is 13.6. The molecular weight excluding hydrogens is 318 g/mol. The molecule has 0 radical (unpaired) electrons. The normalized spacial score (nSPS) is 24.9. The molecule has 2 aliphatic rings. The summed E-state index contributed by atoms with van der Waals surface area (Å²) in [4.78, 5) is 0. The minimum Gasteiger partial charge on any atom is -0.487 e. The van der Waals surface area contributed by atoms with Crippen molar-refractivity contribution in [2.24, 2.45) is 0 Å². The van der Waals surface area contributed by atoms with Crippen molar-refractivity contribution in [2.75, 3.05) is 13.1 Å². The maximum atomic E-state index is 10.3. The number of ether oxygens (including phenoxy) is 1. The summed E-state index contributed by atoms with van der Waals surface area (Å²) in [5.41, 5.74) is 0.745. The van der Waals surface area contributed by atoms with Crippen molar-refractivity contribution in [3.8, 4) is 5.75 Å². The lowest BCUT2D eigenvalue weighted by atomic mass is 9.82. The van der Waals surface area contributed by atoms with Crippen LogP contribution in [0.3, 0.4) is 0 Å². The van der Waals surface area contributed by atoms with E-state index in [0.29, 0.717) is 6.42 Å². The van der Waals surface area contributed by atoms with Gasteiger partial charge in [-0.25, -0.2) is 0 Å². The van der Waals surface area contributed by atoms with Gasteiger partial charge < -0.3 is 15.2 Å². The molecule has 1 saturated heterocycles. The SMILES string of the molecule is Cl.OC1CC2(CCNCC2)Oc2ccc(Br)cc21. The van der Waals surface area contributed by atoms with Crippen molar-refractivity contribution in [1.82, 2.24) is 5.32 Å². The van der Waals surface area contributed by atoms with Crippen molar-refractivity contribution in [3.05, 3.63) is 28.2 Å². The second-order valence-corrected chi connectivity index (χ2v) is 5.85. The van der Waals surface area contributed by atoms with Gasteiger partial charge in [0.05, 0.1) is 6.10 Å². The minimum atomic E-state index is -0.408. The van der Waals surface area contributed by atoms with Gasteiger partial charge in [0.25, 0.3) is 0 Å². The molecule has 0 amide bonds. The largest absolute Gasteiger partial charge is 0.487 e. The van der Waals surface area contributed by atoms with E-state index < -0.39 is 6.10 Å². The summed E-state index contributed by atoms with van der Waals surface area (Å²) in [7, 11) is 0. The number of hydrogen-bond donors (Lipinski definition) is 2. The highest BCUT2D eigenvalue weighted by Gasteiger charge is 2.41. The molecule has 2 aliphatic heterocycles. The number of halogens is 2. The van der Waals surface area contributed by atoms with Crippen LogP contribution in [0.2, 0.25) is 0 Å². The summed E-state index contributed by atoms with van der Waals surface area (Å²) in [5.74, 6) is 0.842. The number of aliphatic hydroxyl groups is 1. The van der Waals surface area contributed by atoms with Gasteiger partial charge in [0.15, 0.2) is 0 Å². The number of nitrogens with one attached hydrogen (secondary N) is 1. The van der Waals surface area contributed by atoms with Crippen LogP contribution in [0.5, 0.6) is 5.75 Å². The number of benzene rings is 1. The predicted octanol–water partition coefficient (Wildman–Crippen LogP) is 2.81. The molecule has 1 atom stereocenters. The zero-order valence-electron chi connectivity index (χ0n) is 9.99. The molecule has 0 saturated carbocycles. The summed E-state index contributed by atoms with van der Waals surface area (Å²) < 4.78 is 7.15. The van der Waals surface area contributed by atoms with Crippen LogP contribution in [0.15, 0.2) is 22.7 Å². The van der Waals surface area contributed by atoms with Gasteiger partial charge in [0.2, 0.25) is 0 Å². The van der Waals surface area contributed by atoms with Gasteiger partial charge in [0, 0.05) is 16.5 Å². The Balaban J connectivity index is 0.00000120. The van der Waals surface area contributed by atoms with Gasteiger partial charge in [-0.1, -0.05) is 15.9 Å². The van der Waals surface area contributed by atoms with E-state index in [1.54, 1.807) is 0 Å². The van der Waals surface area contributed by atoms with Gasteiger partial charge in [0.1, 0.15) is 11.4 Å². The number of rotatable bonds is 0. The van der Waals surface area contributed by atoms with E-state index in [1.165, 1.54) is 0 Å². The average Bonchev–Trinajstić information content (AvgIpc) is 2.31. The third-order valence-electron chi connectivity index (χ3n) is 3.74. The minimum absolute atomic E-state index is 0. The number of hydrogen-bond acceptors (Lipinski definition) is 3. The molecule has 1 unspecified atom stereocenters. The van der Waals surface area contributed by atoms with E-state index in [4.69, 9.17) is 4.74 Å². The molecule has 0 bridgehead atoms. The van der Waals surface area contributed by atoms with Crippen LogP contribution < -0.4 is 10.1 Å². The van der Waals surface area contributed by atoms with Gasteiger partial charge in [-0.05, 0) is 44.1 Å². The van der Waals surface area contributed by atoms with Crippen molar-refractivity contribution in [3.63, 3.8) is 0 Å². The maximum Gasteiger partial charge on any atom is 0.126 e. The van der Waals surface area contributed by atoms with E-state index in [2.05, 4.69) is 21.2 Å². The van der Waals surface area contributed by atoms with E-state index in [1.807, 2.05) is 18.2 Å². The first-order chi connectivity index (χ1) is 8.19. The van der Waals surface area contributed by atoms with Crippen molar-refractivity contribution >= 4 is 28.3 Å². The maximum absolute atomic E-state index is 10.3. The highest BCUT2D eigenvalue weighted by molar-refractivity contribution is 9.10. The second kappa shape index (κ2) is 5.37. The number of aliphatic hydroxyl groups excluding tert-OH is 1. The fourth-order valence-electron chi connectivity index (χ4n) is 2.80. The summed E-state index contributed by atoms with van der Waals surface area (Å²) in [6.07, 6.45) is 2.24. The van der Waals surface area contributed by atoms with Crippen LogP contribution in [0, 0.1) is 0 Å². The Kier molecular flexibility index (Phi) is 4.22. The lowest BCUT2D eigenvalue weighted by Gasteiger charge is -2.43. The molecule has 3 rings (SSSR count). The quantitative estimate of drug-likeness (QED) is 0.766. The van der Waals surface area contributed by atoms with Crippen LogP contribution in [0.1, 0.15) is 30.9 Å². The lowest BCUT2D eigenvalue weighted by molar-refractivity contribution is -0.0337. The van der Waals surface area contributed by atoms with E-state index in [9.17, 15) is 5.11 Å². The molecule has 1 spiro atoms. The van der Waals surface area contributed by atoms with Crippen LogP contribution in [0.4, 0.5) is 0 Å². The summed E-state index contributed by atoms with van der Waals surface area (Å²) in [6, 6.07) is 5.87. The Morgan fingerprint density at radius 2 is 2.06 bits per heavy atom. The number of fused-ring (bicyclic) bond motifs is 1. The van der Waals surface area contributed by atoms with Crippen molar-refractivity contribution in [2.45, 2.75) is 31.0 Å². The third kappa shape index (κ3) is 2.52. The van der Waals surface area contributed by atoms with Gasteiger partial charge in [-0.15, -0.1) is 12.4 Å². The average molecular weight is 335 g/mol. The molecule has 1 aromatic carbocycles. The van der Waals surface area contributed by atoms with Gasteiger partial charge >= 0.3 is 0 Å². The zero-order chi connectivity index (χ0) is 11.9. The topological polar surface area (TPSA) is 41.5 Å². The predicted molar refractivity (Wildman–Crippen MR) is 76.4 cm³/mol. The Morgan fingerprint density at radius 3 is 2.78 bits per heavy atom. The van der Waals surface area contributed by atoms with Crippen molar-refractivity contribution in [1.29, 1.82) is 0 Å². The Labute approximate surface area is 121 Å². The molecule has 18 heavy (non-hydrogen) atoms. The van der Waals surface area contributed by atoms with Gasteiger partial charge in [-0.3, -0.25) is 0 Å². The summed E-state index contributed by atoms with van der Waals surface area (Å²) in [6.45, 7) is 1.94. The van der Waals surface area contributed by atoms with Crippen LogP contribution in [-0.4, -0.2) is 23.8 Å². The first-order valence-electron chi connectivity index (χ1n) is 6.06. The molecule has 1 aromatic rings. The third-order valence-corrected chi connectivity index (χ3v) is 4.23. The molecular formula is C13H17BrClNO2. The van der Waals surface area contributed by atoms with Crippen LogP contribution in [0.25, 0.3) is 0 Å². The van der Waals surface area contributed by atoms with Crippen LogP contribution in [-0.2, 0) is 0 Å². The second-order valence-electron chi connectivity index (χ2n) is 4.94. The van der Waals surface area contributed by atoms with E-state index in [-0.39, 0.29) is 18.0 Å². The fraction of sp³-hybridized carbons (Fsp3) is 0.538. The molecule has 100 valence electrons. The summed E-state index contributed by atoms with van der Waals surface area (Å²) >= 11 is 3.43. The van der Waals surface area contributed by atoms with Crippen molar-refractivity contribution < 1.29 is 9.84 Å². The first-order valence-corrected chi connectivity index (χ1v) is 6.85. The zero-order valence-corrected chi connectivity index (χ0v) is 12.4. The molecule has 0 aliphatic carbocycles. The smallest absolute Gasteiger partial charge is 0.126 e. The monoisotopic (exact) mass is 333 g/mol.